The zero-order valence-electron chi connectivity index (χ0n) is 17.9. The summed E-state index contributed by atoms with van der Waals surface area (Å²) in [5, 5.41) is -0.759. The highest BCUT2D eigenvalue weighted by molar-refractivity contribution is 8.13. The molecule has 1 atom stereocenters. The lowest BCUT2D eigenvalue weighted by atomic mass is 9.97. The summed E-state index contributed by atoms with van der Waals surface area (Å²) in [6.07, 6.45) is -0.233. The topological polar surface area (TPSA) is 139 Å². The van der Waals surface area contributed by atoms with Crippen LogP contribution in [0.25, 0.3) is 0 Å². The normalized spacial score (nSPS) is 12.4. The summed E-state index contributed by atoms with van der Waals surface area (Å²) in [5.41, 5.74) is 0. The predicted molar refractivity (Wildman–Crippen MR) is 113 cm³/mol. The van der Waals surface area contributed by atoms with Gasteiger partial charge in [-0.1, -0.05) is 13.8 Å². The maximum absolute atomic E-state index is 12.4. The number of esters is 2. The maximum atomic E-state index is 12.4. The molecule has 0 bridgehead atoms. The number of ether oxygens (including phenoxy) is 3. The number of thiol groups is 1. The Morgan fingerprint density at radius 3 is 2.19 bits per heavy atom. The second-order valence-corrected chi connectivity index (χ2v) is 9.44. The van der Waals surface area contributed by atoms with Crippen molar-refractivity contribution in [3.8, 4) is 0 Å². The van der Waals surface area contributed by atoms with Gasteiger partial charge < -0.3 is 23.0 Å². The highest BCUT2D eigenvalue weighted by Gasteiger charge is 2.31. The molecule has 31 heavy (non-hydrogen) atoms. The van der Waals surface area contributed by atoms with Gasteiger partial charge in [-0.15, -0.1) is 0 Å². The largest absolute Gasteiger partial charge is 0.519 e. The number of hydrogen-bond acceptors (Lipinski definition) is 12. The van der Waals surface area contributed by atoms with Crippen molar-refractivity contribution in [2.24, 2.45) is 11.8 Å². The van der Waals surface area contributed by atoms with Crippen LogP contribution in [0, 0.1) is 18.8 Å². The van der Waals surface area contributed by atoms with E-state index in [1.165, 1.54) is 6.92 Å². The van der Waals surface area contributed by atoms with Gasteiger partial charge >= 0.3 is 23.1 Å². The Kier molecular flexibility index (Phi) is 10.4. The zero-order chi connectivity index (χ0) is 23.8. The van der Waals surface area contributed by atoms with Gasteiger partial charge in [-0.3, -0.25) is 14.4 Å². The molecule has 174 valence electrons. The van der Waals surface area contributed by atoms with Crippen molar-refractivity contribution in [1.82, 2.24) is 0 Å². The Bertz CT molecular complexity index is 847. The number of hydrogen-bond donors (Lipinski definition) is 1. The second-order valence-electron chi connectivity index (χ2n) is 7.37. The molecule has 1 heterocycles. The van der Waals surface area contributed by atoms with Gasteiger partial charge in [0, 0.05) is 12.2 Å². The third-order valence-electron chi connectivity index (χ3n) is 3.88. The predicted octanol–water partition coefficient (Wildman–Crippen LogP) is 2.89. The highest BCUT2D eigenvalue weighted by atomic mass is 32.2. The monoisotopic (exact) mass is 478 g/mol. The summed E-state index contributed by atoms with van der Waals surface area (Å²) in [7, 11) is 0. The molecule has 0 unspecified atom stereocenters. The first-order chi connectivity index (χ1) is 14.3. The Balaban J connectivity index is 2.65. The van der Waals surface area contributed by atoms with Crippen LogP contribution in [0.3, 0.4) is 0 Å². The van der Waals surface area contributed by atoms with E-state index in [1.54, 1.807) is 27.7 Å². The molecule has 0 amide bonds. The second kappa shape index (κ2) is 12.0. The van der Waals surface area contributed by atoms with E-state index in [2.05, 4.69) is 17.0 Å². The number of carbonyl (C=O) groups excluding carboxylic acids is 4. The van der Waals surface area contributed by atoms with Gasteiger partial charge in [0.2, 0.25) is 6.79 Å². The van der Waals surface area contributed by atoms with Crippen LogP contribution in [0.2, 0.25) is 0 Å². The molecule has 10 nitrogen and oxygen atoms in total. The lowest BCUT2D eigenvalue weighted by Crippen LogP contribution is -2.32. The minimum Gasteiger partial charge on any atom is -0.449 e. The minimum atomic E-state index is -0.997. The van der Waals surface area contributed by atoms with Gasteiger partial charge in [-0.25, -0.2) is 9.59 Å². The van der Waals surface area contributed by atoms with Gasteiger partial charge in [-0.05, 0) is 32.5 Å². The Labute approximate surface area is 188 Å². The molecular formula is C19H26O10S2. The molecule has 0 radical (unpaired) electrons. The van der Waals surface area contributed by atoms with E-state index in [4.69, 9.17) is 18.6 Å². The first-order valence-electron chi connectivity index (χ1n) is 9.29. The molecular weight excluding hydrogens is 452 g/mol. The minimum absolute atomic E-state index is 0.0638. The van der Waals surface area contributed by atoms with Crippen molar-refractivity contribution in [1.29, 1.82) is 0 Å². The van der Waals surface area contributed by atoms with Gasteiger partial charge in [0.15, 0.2) is 18.1 Å². The molecule has 0 aliphatic carbocycles. The summed E-state index contributed by atoms with van der Waals surface area (Å²) in [6.45, 7) is 6.95. The van der Waals surface area contributed by atoms with Crippen LogP contribution >= 0.6 is 24.4 Å². The smallest absolute Gasteiger partial charge is 0.449 e. The molecule has 0 aliphatic heterocycles. The Hall–Kier alpha value is -2.21. The van der Waals surface area contributed by atoms with Crippen LogP contribution in [0.4, 0.5) is 4.79 Å². The van der Waals surface area contributed by atoms with Gasteiger partial charge in [0.1, 0.15) is 5.78 Å². The average Bonchev–Trinajstić information content (AvgIpc) is 2.99. The molecule has 0 aliphatic rings. The first-order valence-corrected chi connectivity index (χ1v) is 10.7. The van der Waals surface area contributed by atoms with Gasteiger partial charge in [0.25, 0.3) is 0 Å². The summed E-state index contributed by atoms with van der Waals surface area (Å²) in [6, 6.07) is 0. The van der Waals surface area contributed by atoms with Crippen LogP contribution in [0.15, 0.2) is 13.6 Å². The number of rotatable bonds is 11. The van der Waals surface area contributed by atoms with Crippen molar-refractivity contribution in [3.05, 3.63) is 22.1 Å². The lowest BCUT2D eigenvalue weighted by molar-refractivity contribution is -0.172. The van der Waals surface area contributed by atoms with E-state index in [0.717, 1.165) is 0 Å². The SMILES string of the molecule is Cc1oc(=O)oc1COC(=O)SC[C@H](CC(=O)C(C)(C)S)C(=O)OCOC(=O)C(C)C. The maximum Gasteiger partial charge on any atom is 0.519 e. The number of thioether (sulfide) groups is 1. The van der Waals surface area contributed by atoms with Crippen molar-refractivity contribution < 1.29 is 42.2 Å². The third-order valence-corrected chi connectivity index (χ3v) is 5.05. The fourth-order valence-electron chi connectivity index (χ4n) is 1.96. The van der Waals surface area contributed by atoms with E-state index in [0.29, 0.717) is 11.8 Å². The molecule has 0 N–H and O–H groups in total. The number of ketones is 1. The zero-order valence-corrected chi connectivity index (χ0v) is 19.6. The van der Waals surface area contributed by atoms with E-state index >= 15 is 0 Å². The summed E-state index contributed by atoms with van der Waals surface area (Å²) in [5.74, 6) is -3.87. The standard InChI is InChI=1S/C19H26O10S2/c1-10(2)15(21)26-9-27-16(22)12(6-14(20)19(4,5)30)8-31-18(24)25-7-13-11(3)28-17(23)29-13/h10,12,30H,6-9H2,1-5H3/t12-/m0/s1. The van der Waals surface area contributed by atoms with E-state index < -0.39 is 46.4 Å². The third kappa shape index (κ3) is 9.64. The average molecular weight is 479 g/mol. The van der Waals surface area contributed by atoms with Crippen molar-refractivity contribution in [2.75, 3.05) is 12.5 Å². The van der Waals surface area contributed by atoms with E-state index in [1.807, 2.05) is 0 Å². The fraction of sp³-hybridized carbons (Fsp3) is 0.632. The number of carbonyl (C=O) groups is 4. The molecule has 0 fully saturated rings. The molecule has 1 aromatic rings. The van der Waals surface area contributed by atoms with E-state index in [9.17, 15) is 24.0 Å². The quantitative estimate of drug-likeness (QED) is 0.285. The van der Waals surface area contributed by atoms with Crippen LogP contribution < -0.4 is 5.82 Å². The molecule has 0 saturated heterocycles. The Morgan fingerprint density at radius 1 is 1.06 bits per heavy atom. The van der Waals surface area contributed by atoms with Crippen LogP contribution in [-0.2, 0) is 35.2 Å². The van der Waals surface area contributed by atoms with Gasteiger partial charge in [0.05, 0.1) is 16.6 Å². The number of Topliss-reactive ketones (excluding diaryl/α,β-unsaturated/α-hetero) is 1. The summed E-state index contributed by atoms with van der Waals surface area (Å²) < 4.78 is 23.1. The summed E-state index contributed by atoms with van der Waals surface area (Å²) in [4.78, 5) is 59.1. The number of aryl methyl sites for hydroxylation is 1. The van der Waals surface area contributed by atoms with Crippen LogP contribution in [0.5, 0.6) is 0 Å². The van der Waals surface area contributed by atoms with Crippen LogP contribution in [-0.4, -0.2) is 40.3 Å². The molecule has 0 saturated carbocycles. The van der Waals surface area contributed by atoms with Crippen molar-refractivity contribution in [3.63, 3.8) is 0 Å². The molecule has 1 aromatic heterocycles. The molecule has 0 aromatic carbocycles. The van der Waals surface area contributed by atoms with Crippen molar-refractivity contribution in [2.45, 2.75) is 52.4 Å². The molecule has 0 spiro atoms. The lowest BCUT2D eigenvalue weighted by Gasteiger charge is -2.20. The van der Waals surface area contributed by atoms with Crippen LogP contribution in [0.1, 0.15) is 45.6 Å². The fourth-order valence-corrected chi connectivity index (χ4v) is 2.78. The molecule has 1 rings (SSSR count). The molecule has 12 heteroatoms. The highest BCUT2D eigenvalue weighted by Crippen LogP contribution is 2.23. The van der Waals surface area contributed by atoms with E-state index in [-0.39, 0.29) is 36.1 Å². The van der Waals surface area contributed by atoms with Gasteiger partial charge in [-0.2, -0.15) is 12.6 Å². The Morgan fingerprint density at radius 2 is 1.68 bits per heavy atom. The summed E-state index contributed by atoms with van der Waals surface area (Å²) >= 11 is 4.84. The van der Waals surface area contributed by atoms with Crippen molar-refractivity contribution >= 4 is 47.4 Å². The first kappa shape index (κ1) is 26.8.